The lowest BCUT2D eigenvalue weighted by Crippen LogP contribution is -2.26. The summed E-state index contributed by atoms with van der Waals surface area (Å²) in [7, 11) is 0. The summed E-state index contributed by atoms with van der Waals surface area (Å²) in [6.07, 6.45) is 0. The van der Waals surface area contributed by atoms with Crippen LogP contribution in [0.3, 0.4) is 0 Å². The molecule has 0 radical (unpaired) electrons. The Morgan fingerprint density at radius 1 is 0.311 bits per heavy atom. The molecule has 0 N–H and O–H groups in total. The molecule has 1 heteroatoms. The van der Waals surface area contributed by atoms with Gasteiger partial charge in [0.25, 0.3) is 0 Å². The Hall–Kier alpha value is -7.48. The minimum atomic E-state index is -0.454. The fraction of sp³-hybridized carbons (Fsp3) is 0.0667. The third-order valence-corrected chi connectivity index (χ3v) is 14.3. The Morgan fingerprint density at radius 3 is 1.36 bits per heavy atom. The van der Waals surface area contributed by atoms with Crippen LogP contribution in [0.1, 0.15) is 47.2 Å². The lowest BCUT2D eigenvalue weighted by atomic mass is 9.70. The van der Waals surface area contributed by atoms with E-state index >= 15 is 0 Å². The molecule has 0 unspecified atom stereocenters. The highest BCUT2D eigenvalue weighted by molar-refractivity contribution is 6.11. The van der Waals surface area contributed by atoms with Crippen molar-refractivity contribution in [3.63, 3.8) is 0 Å². The Kier molecular flexibility index (Phi) is 7.06. The van der Waals surface area contributed by atoms with E-state index in [4.69, 9.17) is 0 Å². The summed E-state index contributed by atoms with van der Waals surface area (Å²) in [6, 6.07) is 79.9. The molecule has 3 aliphatic rings. The van der Waals surface area contributed by atoms with Crippen molar-refractivity contribution in [2.75, 3.05) is 4.90 Å². The van der Waals surface area contributed by atoms with E-state index in [1.165, 1.54) is 99.4 Å². The molecule has 0 atom stereocenters. The summed E-state index contributed by atoms with van der Waals surface area (Å²) in [4.78, 5) is 2.56. The first-order valence-corrected chi connectivity index (χ1v) is 21.5. The molecule has 10 aromatic rings. The van der Waals surface area contributed by atoms with Gasteiger partial charge in [-0.05, 0) is 124 Å². The van der Waals surface area contributed by atoms with Crippen molar-refractivity contribution >= 4 is 38.6 Å². The zero-order chi connectivity index (χ0) is 40.5. The molecule has 3 aliphatic carbocycles. The Morgan fingerprint density at radius 2 is 0.738 bits per heavy atom. The lowest BCUT2D eigenvalue weighted by Gasteiger charge is -2.33. The van der Waals surface area contributed by atoms with E-state index in [2.05, 4.69) is 231 Å². The number of rotatable bonds is 4. The van der Waals surface area contributed by atoms with Crippen molar-refractivity contribution in [3.05, 3.63) is 246 Å². The van der Waals surface area contributed by atoms with Crippen LogP contribution in [0.4, 0.5) is 17.1 Å². The van der Waals surface area contributed by atoms with E-state index in [0.29, 0.717) is 0 Å². The van der Waals surface area contributed by atoms with E-state index in [1.54, 1.807) is 0 Å². The highest BCUT2D eigenvalue weighted by Gasteiger charge is 2.51. The fourth-order valence-corrected chi connectivity index (χ4v) is 11.7. The van der Waals surface area contributed by atoms with Crippen molar-refractivity contribution in [3.8, 4) is 44.5 Å². The van der Waals surface area contributed by atoms with Crippen LogP contribution in [0.15, 0.2) is 212 Å². The van der Waals surface area contributed by atoms with E-state index in [-0.39, 0.29) is 5.41 Å². The average molecular weight is 776 g/mol. The van der Waals surface area contributed by atoms with Crippen LogP contribution in [-0.4, -0.2) is 0 Å². The molecule has 0 bridgehead atoms. The van der Waals surface area contributed by atoms with Gasteiger partial charge in [0.15, 0.2) is 0 Å². The molecule has 1 nitrogen and oxygen atoms in total. The van der Waals surface area contributed by atoms with Gasteiger partial charge in [-0.3, -0.25) is 0 Å². The van der Waals surface area contributed by atoms with E-state index < -0.39 is 5.41 Å². The number of anilines is 3. The maximum absolute atomic E-state index is 2.56. The van der Waals surface area contributed by atoms with Gasteiger partial charge < -0.3 is 4.90 Å². The van der Waals surface area contributed by atoms with Gasteiger partial charge in [-0.25, -0.2) is 0 Å². The minimum Gasteiger partial charge on any atom is -0.310 e. The second kappa shape index (κ2) is 12.5. The first kappa shape index (κ1) is 34.4. The molecule has 0 aromatic heterocycles. The molecule has 0 saturated carbocycles. The fourth-order valence-electron chi connectivity index (χ4n) is 11.7. The SMILES string of the molecule is CC1(C)c2ccccc2-c2ccc(N(c3ccc4c(c3)C3(c5ccccc5-c5ccccc53)c3ccccc3-4)c3ccc4ccccc4c3-c3cccc4ccccc34)cc21. The van der Waals surface area contributed by atoms with Crippen LogP contribution in [-0.2, 0) is 10.8 Å². The molecular formula is C60H41N. The van der Waals surface area contributed by atoms with Crippen LogP contribution in [0, 0.1) is 0 Å². The van der Waals surface area contributed by atoms with Crippen LogP contribution >= 0.6 is 0 Å². The van der Waals surface area contributed by atoms with Gasteiger partial charge in [-0.2, -0.15) is 0 Å². The highest BCUT2D eigenvalue weighted by atomic mass is 15.1. The second-order valence-electron chi connectivity index (χ2n) is 17.6. The van der Waals surface area contributed by atoms with Crippen molar-refractivity contribution in [1.82, 2.24) is 0 Å². The number of hydrogen-bond acceptors (Lipinski definition) is 1. The third kappa shape index (κ3) is 4.56. The van der Waals surface area contributed by atoms with Crippen molar-refractivity contribution in [2.24, 2.45) is 0 Å². The minimum absolute atomic E-state index is 0.156. The second-order valence-corrected chi connectivity index (χ2v) is 17.6. The van der Waals surface area contributed by atoms with Crippen LogP contribution in [0.5, 0.6) is 0 Å². The van der Waals surface area contributed by atoms with Gasteiger partial charge >= 0.3 is 0 Å². The van der Waals surface area contributed by atoms with Crippen LogP contribution in [0.25, 0.3) is 66.1 Å². The quantitative estimate of drug-likeness (QED) is 0.172. The molecular weight excluding hydrogens is 735 g/mol. The molecule has 10 aromatic carbocycles. The number of hydrogen-bond donors (Lipinski definition) is 0. The van der Waals surface area contributed by atoms with Crippen LogP contribution in [0.2, 0.25) is 0 Å². The largest absolute Gasteiger partial charge is 0.310 e. The normalized spacial score (nSPS) is 14.3. The molecule has 286 valence electrons. The zero-order valence-corrected chi connectivity index (χ0v) is 34.2. The predicted octanol–water partition coefficient (Wildman–Crippen LogP) is 15.8. The zero-order valence-electron chi connectivity index (χ0n) is 34.2. The first-order valence-electron chi connectivity index (χ1n) is 21.5. The maximum atomic E-state index is 2.56. The van der Waals surface area contributed by atoms with Gasteiger partial charge in [-0.15, -0.1) is 0 Å². The van der Waals surface area contributed by atoms with Crippen molar-refractivity contribution in [1.29, 1.82) is 0 Å². The standard InChI is InChI=1S/C60H41N/c1-59(2)51-26-11-7-21-44(51)48-33-31-40(36-55(48)59)61(57-35-30-39-17-4-6-20-43(39)58(57)50-25-15-18-38-16-3-5-19-42(38)50)41-32-34-49-47-24-10-14-29-54(47)60(56(49)37-41)52-27-12-8-22-45(52)46-23-9-13-28-53(46)60/h3-37H,1-2H3. The number of benzene rings is 10. The van der Waals surface area contributed by atoms with Gasteiger partial charge in [-0.1, -0.05) is 196 Å². The van der Waals surface area contributed by atoms with Crippen molar-refractivity contribution < 1.29 is 0 Å². The summed E-state index contributed by atoms with van der Waals surface area (Å²) in [5.41, 5.74) is 21.3. The van der Waals surface area contributed by atoms with Crippen LogP contribution < -0.4 is 4.90 Å². The lowest BCUT2D eigenvalue weighted by molar-refractivity contribution is 0.660. The van der Waals surface area contributed by atoms with E-state index in [9.17, 15) is 0 Å². The molecule has 0 amide bonds. The highest BCUT2D eigenvalue weighted by Crippen LogP contribution is 2.63. The Bertz CT molecular complexity index is 3410. The smallest absolute Gasteiger partial charge is 0.0726 e. The van der Waals surface area contributed by atoms with E-state index in [1.807, 2.05) is 0 Å². The van der Waals surface area contributed by atoms with Gasteiger partial charge in [0.05, 0.1) is 11.1 Å². The monoisotopic (exact) mass is 775 g/mol. The Balaban J connectivity index is 1.13. The molecule has 0 aliphatic heterocycles. The van der Waals surface area contributed by atoms with Gasteiger partial charge in [0, 0.05) is 22.4 Å². The maximum Gasteiger partial charge on any atom is 0.0726 e. The first-order chi connectivity index (χ1) is 30.0. The predicted molar refractivity (Wildman–Crippen MR) is 255 cm³/mol. The molecule has 1 spiro atoms. The number of nitrogens with zero attached hydrogens (tertiary/aromatic N) is 1. The summed E-state index contributed by atoms with van der Waals surface area (Å²) in [5, 5.41) is 4.94. The third-order valence-electron chi connectivity index (χ3n) is 14.3. The summed E-state index contributed by atoms with van der Waals surface area (Å²) in [6.45, 7) is 4.77. The summed E-state index contributed by atoms with van der Waals surface area (Å²) < 4.78 is 0. The van der Waals surface area contributed by atoms with E-state index in [0.717, 1.165) is 17.1 Å². The topological polar surface area (TPSA) is 3.24 Å². The molecule has 0 fully saturated rings. The molecule has 0 saturated heterocycles. The Labute approximate surface area is 356 Å². The average Bonchev–Trinajstić information content (AvgIpc) is 3.87. The molecule has 0 heterocycles. The molecule has 13 rings (SSSR count). The van der Waals surface area contributed by atoms with Gasteiger partial charge in [0.2, 0.25) is 0 Å². The number of fused-ring (bicyclic) bond motifs is 15. The summed E-state index contributed by atoms with van der Waals surface area (Å²) >= 11 is 0. The van der Waals surface area contributed by atoms with Gasteiger partial charge in [0.1, 0.15) is 0 Å². The summed E-state index contributed by atoms with van der Waals surface area (Å²) in [5.74, 6) is 0. The molecule has 61 heavy (non-hydrogen) atoms. The van der Waals surface area contributed by atoms with Crippen molar-refractivity contribution in [2.45, 2.75) is 24.7 Å².